The van der Waals surface area contributed by atoms with Gasteiger partial charge in [0.15, 0.2) is 0 Å². The number of nitrogens with zero attached hydrogens (tertiary/aromatic N) is 1. The predicted octanol–water partition coefficient (Wildman–Crippen LogP) is 4.01. The topological polar surface area (TPSA) is 23.8 Å². The summed E-state index contributed by atoms with van der Waals surface area (Å²) in [6, 6.07) is 4.06. The van der Waals surface area contributed by atoms with E-state index in [1.54, 1.807) is 20.8 Å². The first-order valence-electron chi connectivity index (χ1n) is 4.68. The van der Waals surface area contributed by atoms with Crippen LogP contribution in [0.2, 0.25) is 0 Å². The van der Waals surface area contributed by atoms with Crippen LogP contribution in [0.1, 0.15) is 30.5 Å². The lowest BCUT2D eigenvalue weighted by Crippen LogP contribution is -2.17. The summed E-state index contributed by atoms with van der Waals surface area (Å²) >= 11 is 3.19. The fourth-order valence-electron chi connectivity index (χ4n) is 1.55. The summed E-state index contributed by atoms with van der Waals surface area (Å²) in [5, 5.41) is 9.04. The second kappa shape index (κ2) is 3.94. The van der Waals surface area contributed by atoms with E-state index in [1.165, 1.54) is 0 Å². The van der Waals surface area contributed by atoms with E-state index in [0.717, 1.165) is 11.1 Å². The van der Waals surface area contributed by atoms with Crippen molar-refractivity contribution in [2.45, 2.75) is 33.1 Å². The Morgan fingerprint density at radius 2 is 1.93 bits per heavy atom. The fraction of sp³-hybridized carbons (Fsp3) is 0.417. The Bertz CT molecular complexity index is 444. The van der Waals surface area contributed by atoms with Crippen LogP contribution in [0.25, 0.3) is 0 Å². The van der Waals surface area contributed by atoms with Gasteiger partial charge in [0.05, 0.1) is 16.0 Å². The molecule has 1 rings (SSSR count). The maximum atomic E-state index is 13.8. The lowest BCUT2D eigenvalue weighted by molar-refractivity contribution is 0.592. The Hall–Kier alpha value is -0.880. The molecule has 0 atom stereocenters. The van der Waals surface area contributed by atoms with Crippen LogP contribution >= 0.6 is 15.9 Å². The van der Waals surface area contributed by atoms with Gasteiger partial charge in [-0.05, 0) is 60.3 Å². The fourth-order valence-corrected chi connectivity index (χ4v) is 1.97. The van der Waals surface area contributed by atoms with E-state index in [2.05, 4.69) is 22.0 Å². The summed E-state index contributed by atoms with van der Waals surface area (Å²) in [6.07, 6.45) is 0. The second-order valence-corrected chi connectivity index (χ2v) is 5.02. The van der Waals surface area contributed by atoms with Gasteiger partial charge in [-0.15, -0.1) is 0 Å². The smallest absolute Gasteiger partial charge is 0.140 e. The molecule has 0 aliphatic rings. The molecular formula is C12H13BrFN. The number of nitriles is 1. The predicted molar refractivity (Wildman–Crippen MR) is 62.2 cm³/mol. The largest absolute Gasteiger partial charge is 0.205 e. The summed E-state index contributed by atoms with van der Waals surface area (Å²) in [7, 11) is 0. The molecule has 3 heteroatoms. The molecule has 0 radical (unpaired) electrons. The zero-order chi connectivity index (χ0) is 11.8. The molecule has 0 aromatic heterocycles. The highest BCUT2D eigenvalue weighted by molar-refractivity contribution is 9.10. The van der Waals surface area contributed by atoms with Crippen molar-refractivity contribution in [3.8, 4) is 6.07 Å². The Labute approximate surface area is 98.0 Å². The van der Waals surface area contributed by atoms with Gasteiger partial charge in [0, 0.05) is 0 Å². The molecule has 0 saturated heterocycles. The van der Waals surface area contributed by atoms with Crippen molar-refractivity contribution in [2.75, 3.05) is 0 Å². The van der Waals surface area contributed by atoms with Gasteiger partial charge in [-0.1, -0.05) is 6.07 Å². The molecule has 0 saturated carbocycles. The average molecular weight is 270 g/mol. The molecular weight excluding hydrogens is 257 g/mol. The average Bonchev–Trinajstić information content (AvgIpc) is 2.20. The Morgan fingerprint density at radius 3 is 2.40 bits per heavy atom. The van der Waals surface area contributed by atoms with Crippen molar-refractivity contribution < 1.29 is 4.39 Å². The van der Waals surface area contributed by atoms with Crippen molar-refractivity contribution in [2.24, 2.45) is 0 Å². The van der Waals surface area contributed by atoms with Crippen LogP contribution in [0, 0.1) is 31.0 Å². The van der Waals surface area contributed by atoms with E-state index >= 15 is 0 Å². The molecule has 0 aliphatic carbocycles. The Balaban J connectivity index is 3.54. The van der Waals surface area contributed by atoms with Crippen LogP contribution in [0.5, 0.6) is 0 Å². The van der Waals surface area contributed by atoms with Gasteiger partial charge in [0.1, 0.15) is 5.82 Å². The molecule has 1 aromatic rings. The lowest BCUT2D eigenvalue weighted by Gasteiger charge is -2.20. The van der Waals surface area contributed by atoms with Crippen molar-refractivity contribution in [1.82, 2.24) is 0 Å². The molecule has 80 valence electrons. The molecule has 0 heterocycles. The number of hydrogen-bond donors (Lipinski definition) is 0. The van der Waals surface area contributed by atoms with Crippen LogP contribution < -0.4 is 0 Å². The normalized spacial score (nSPS) is 11.3. The summed E-state index contributed by atoms with van der Waals surface area (Å²) in [4.78, 5) is 0. The number of halogens is 2. The van der Waals surface area contributed by atoms with Crippen LogP contribution in [-0.2, 0) is 5.41 Å². The van der Waals surface area contributed by atoms with Crippen LogP contribution in [-0.4, -0.2) is 0 Å². The summed E-state index contributed by atoms with van der Waals surface area (Å²) < 4.78 is 14.2. The maximum Gasteiger partial charge on any atom is 0.140 e. The third kappa shape index (κ3) is 2.05. The minimum atomic E-state index is -0.656. The van der Waals surface area contributed by atoms with E-state index in [4.69, 9.17) is 5.26 Å². The minimum absolute atomic E-state index is 0.270. The van der Waals surface area contributed by atoms with Crippen LogP contribution in [0.3, 0.4) is 0 Å². The minimum Gasteiger partial charge on any atom is -0.205 e. The van der Waals surface area contributed by atoms with Gasteiger partial charge >= 0.3 is 0 Å². The van der Waals surface area contributed by atoms with E-state index in [-0.39, 0.29) is 5.82 Å². The molecule has 0 fully saturated rings. The Morgan fingerprint density at radius 1 is 1.40 bits per heavy atom. The zero-order valence-electron chi connectivity index (χ0n) is 9.28. The van der Waals surface area contributed by atoms with Crippen LogP contribution in [0.15, 0.2) is 10.5 Å². The molecule has 1 aromatic carbocycles. The summed E-state index contributed by atoms with van der Waals surface area (Å²) in [5.74, 6) is -0.270. The SMILES string of the molecule is Cc1cc(C(C)(C)C#N)c(C)c(F)c1Br. The third-order valence-electron chi connectivity index (χ3n) is 2.59. The first-order valence-corrected chi connectivity index (χ1v) is 5.47. The highest BCUT2D eigenvalue weighted by Gasteiger charge is 2.25. The number of benzene rings is 1. The lowest BCUT2D eigenvalue weighted by atomic mass is 9.82. The zero-order valence-corrected chi connectivity index (χ0v) is 10.9. The highest BCUT2D eigenvalue weighted by Crippen LogP contribution is 2.32. The highest BCUT2D eigenvalue weighted by atomic mass is 79.9. The van der Waals surface area contributed by atoms with E-state index in [0.29, 0.717) is 10.0 Å². The first-order chi connectivity index (χ1) is 6.81. The van der Waals surface area contributed by atoms with Crippen molar-refractivity contribution in [1.29, 1.82) is 5.26 Å². The van der Waals surface area contributed by atoms with Gasteiger partial charge in [-0.2, -0.15) is 5.26 Å². The van der Waals surface area contributed by atoms with Crippen LogP contribution in [0.4, 0.5) is 4.39 Å². The van der Waals surface area contributed by atoms with Crippen molar-refractivity contribution in [3.05, 3.63) is 33.0 Å². The number of rotatable bonds is 1. The maximum absolute atomic E-state index is 13.8. The molecule has 0 amide bonds. The van der Waals surface area contributed by atoms with Gasteiger partial charge in [-0.3, -0.25) is 0 Å². The van der Waals surface area contributed by atoms with E-state index in [9.17, 15) is 4.39 Å². The van der Waals surface area contributed by atoms with Gasteiger partial charge in [0.2, 0.25) is 0 Å². The van der Waals surface area contributed by atoms with Gasteiger partial charge < -0.3 is 0 Å². The first kappa shape index (κ1) is 12.2. The van der Waals surface area contributed by atoms with Crippen molar-refractivity contribution in [3.63, 3.8) is 0 Å². The molecule has 0 aliphatic heterocycles. The van der Waals surface area contributed by atoms with E-state index in [1.807, 2.05) is 13.0 Å². The number of hydrogen-bond acceptors (Lipinski definition) is 1. The third-order valence-corrected chi connectivity index (χ3v) is 3.56. The summed E-state index contributed by atoms with van der Waals surface area (Å²) in [5.41, 5.74) is 1.45. The quantitative estimate of drug-likeness (QED) is 0.756. The molecule has 0 spiro atoms. The number of aryl methyl sites for hydroxylation is 1. The molecule has 0 unspecified atom stereocenters. The van der Waals surface area contributed by atoms with Gasteiger partial charge in [0.25, 0.3) is 0 Å². The molecule has 0 bridgehead atoms. The van der Waals surface area contributed by atoms with E-state index < -0.39 is 5.41 Å². The molecule has 1 nitrogen and oxygen atoms in total. The van der Waals surface area contributed by atoms with Gasteiger partial charge in [-0.25, -0.2) is 4.39 Å². The Kier molecular flexibility index (Phi) is 3.20. The summed E-state index contributed by atoms with van der Waals surface area (Å²) in [6.45, 7) is 7.11. The standard InChI is InChI=1S/C12H13BrFN/c1-7-5-9(12(3,4)6-15)8(2)11(14)10(7)13/h5H,1-4H3. The van der Waals surface area contributed by atoms with Crippen molar-refractivity contribution >= 4 is 15.9 Å². The second-order valence-electron chi connectivity index (χ2n) is 4.23. The molecule has 0 N–H and O–H groups in total. The monoisotopic (exact) mass is 269 g/mol. The molecule has 15 heavy (non-hydrogen) atoms.